The SMILES string of the molecule is Cc1cc(OCc2nnc(C=Cc3ccccc3)o2)ccc1Br. The molecule has 0 aliphatic heterocycles. The average Bonchev–Trinajstić information content (AvgIpc) is 3.03. The Bertz CT molecular complexity index is 813. The fourth-order valence-corrected chi connectivity index (χ4v) is 2.22. The number of ether oxygens (including phenoxy) is 1. The number of aryl methyl sites for hydroxylation is 1. The van der Waals surface area contributed by atoms with Crippen molar-refractivity contribution < 1.29 is 9.15 Å². The number of rotatable bonds is 5. The average molecular weight is 371 g/mol. The zero-order chi connectivity index (χ0) is 16.1. The van der Waals surface area contributed by atoms with Crippen LogP contribution in [0.2, 0.25) is 0 Å². The lowest BCUT2D eigenvalue weighted by Gasteiger charge is -2.05. The quantitative estimate of drug-likeness (QED) is 0.641. The summed E-state index contributed by atoms with van der Waals surface area (Å²) in [5.74, 6) is 1.67. The highest BCUT2D eigenvalue weighted by Crippen LogP contribution is 2.22. The second kappa shape index (κ2) is 7.24. The van der Waals surface area contributed by atoms with Crippen molar-refractivity contribution in [2.24, 2.45) is 0 Å². The normalized spacial score (nSPS) is 11.0. The van der Waals surface area contributed by atoms with Gasteiger partial charge in [-0.2, -0.15) is 0 Å². The van der Waals surface area contributed by atoms with Crippen molar-refractivity contribution in [3.63, 3.8) is 0 Å². The molecule has 116 valence electrons. The third-order valence-corrected chi connectivity index (χ3v) is 4.08. The fourth-order valence-electron chi connectivity index (χ4n) is 1.98. The molecule has 0 saturated carbocycles. The van der Waals surface area contributed by atoms with Crippen molar-refractivity contribution in [3.05, 3.63) is 75.9 Å². The van der Waals surface area contributed by atoms with Crippen LogP contribution in [0.5, 0.6) is 5.75 Å². The lowest BCUT2D eigenvalue weighted by molar-refractivity contribution is 0.262. The molecule has 4 nitrogen and oxygen atoms in total. The third-order valence-electron chi connectivity index (χ3n) is 3.19. The Labute approximate surface area is 142 Å². The molecule has 0 fully saturated rings. The van der Waals surface area contributed by atoms with Crippen molar-refractivity contribution in [1.29, 1.82) is 0 Å². The van der Waals surface area contributed by atoms with Gasteiger partial charge in [-0.1, -0.05) is 46.3 Å². The molecule has 3 rings (SSSR count). The molecule has 0 aliphatic rings. The third kappa shape index (κ3) is 4.29. The summed E-state index contributed by atoms with van der Waals surface area (Å²) in [5, 5.41) is 7.97. The molecule has 0 amide bonds. The van der Waals surface area contributed by atoms with Crippen molar-refractivity contribution in [2.75, 3.05) is 0 Å². The van der Waals surface area contributed by atoms with E-state index >= 15 is 0 Å². The van der Waals surface area contributed by atoms with Gasteiger partial charge in [0.1, 0.15) is 5.75 Å². The standard InChI is InChI=1S/C18H15BrN2O2/c1-13-11-15(8-9-16(13)19)22-12-18-21-20-17(23-18)10-7-14-5-3-2-4-6-14/h2-11H,12H2,1H3. The smallest absolute Gasteiger partial charge is 0.254 e. The van der Waals surface area contributed by atoms with Crippen LogP contribution in [0.25, 0.3) is 12.2 Å². The summed E-state index contributed by atoms with van der Waals surface area (Å²) in [6.45, 7) is 2.25. The van der Waals surface area contributed by atoms with Crippen LogP contribution >= 0.6 is 15.9 Å². The Morgan fingerprint density at radius 1 is 1.09 bits per heavy atom. The maximum atomic E-state index is 5.66. The van der Waals surface area contributed by atoms with Gasteiger partial charge in [-0.3, -0.25) is 0 Å². The molecule has 0 spiro atoms. The first-order valence-corrected chi connectivity index (χ1v) is 7.94. The molecule has 1 aromatic heterocycles. The van der Waals surface area contributed by atoms with Gasteiger partial charge in [-0.15, -0.1) is 10.2 Å². The van der Waals surface area contributed by atoms with Gasteiger partial charge >= 0.3 is 0 Å². The van der Waals surface area contributed by atoms with Gasteiger partial charge < -0.3 is 9.15 Å². The van der Waals surface area contributed by atoms with E-state index in [1.807, 2.05) is 61.5 Å². The van der Waals surface area contributed by atoms with E-state index < -0.39 is 0 Å². The Balaban J connectivity index is 1.61. The highest BCUT2D eigenvalue weighted by atomic mass is 79.9. The topological polar surface area (TPSA) is 48.2 Å². The van der Waals surface area contributed by atoms with E-state index in [4.69, 9.17) is 9.15 Å². The number of benzene rings is 2. The van der Waals surface area contributed by atoms with Crippen molar-refractivity contribution in [2.45, 2.75) is 13.5 Å². The maximum absolute atomic E-state index is 5.66. The van der Waals surface area contributed by atoms with E-state index in [1.54, 1.807) is 6.08 Å². The van der Waals surface area contributed by atoms with E-state index in [0.717, 1.165) is 21.3 Å². The minimum atomic E-state index is 0.243. The van der Waals surface area contributed by atoms with Gasteiger partial charge in [-0.05, 0) is 42.3 Å². The van der Waals surface area contributed by atoms with Crippen LogP contribution in [0, 0.1) is 6.92 Å². The number of hydrogen-bond acceptors (Lipinski definition) is 4. The van der Waals surface area contributed by atoms with Crippen molar-refractivity contribution >= 4 is 28.1 Å². The van der Waals surface area contributed by atoms with Crippen LogP contribution in [-0.4, -0.2) is 10.2 Å². The van der Waals surface area contributed by atoms with Gasteiger partial charge in [0.25, 0.3) is 5.89 Å². The van der Waals surface area contributed by atoms with Gasteiger partial charge in [0.15, 0.2) is 6.61 Å². The molecular formula is C18H15BrN2O2. The molecule has 23 heavy (non-hydrogen) atoms. The molecule has 0 radical (unpaired) electrons. The summed E-state index contributed by atoms with van der Waals surface area (Å²) in [4.78, 5) is 0. The van der Waals surface area contributed by atoms with Crippen LogP contribution in [-0.2, 0) is 6.61 Å². The van der Waals surface area contributed by atoms with E-state index in [0.29, 0.717) is 11.8 Å². The van der Waals surface area contributed by atoms with Crippen LogP contribution in [0.3, 0.4) is 0 Å². The Hall–Kier alpha value is -2.40. The van der Waals surface area contributed by atoms with Crippen LogP contribution < -0.4 is 4.74 Å². The summed E-state index contributed by atoms with van der Waals surface area (Å²) < 4.78 is 12.3. The predicted molar refractivity (Wildman–Crippen MR) is 92.9 cm³/mol. The van der Waals surface area contributed by atoms with Gasteiger partial charge in [-0.25, -0.2) is 0 Å². The minimum absolute atomic E-state index is 0.243. The van der Waals surface area contributed by atoms with Crippen LogP contribution in [0.15, 0.2) is 57.4 Å². The Kier molecular flexibility index (Phi) is 4.88. The first-order chi connectivity index (χ1) is 11.2. The van der Waals surface area contributed by atoms with Gasteiger partial charge in [0.2, 0.25) is 5.89 Å². The molecular weight excluding hydrogens is 356 g/mol. The predicted octanol–water partition coefficient (Wildman–Crippen LogP) is 4.89. The Morgan fingerprint density at radius 3 is 2.70 bits per heavy atom. The van der Waals surface area contributed by atoms with E-state index in [1.165, 1.54) is 0 Å². The molecule has 2 aromatic carbocycles. The van der Waals surface area contributed by atoms with E-state index in [9.17, 15) is 0 Å². The zero-order valence-corrected chi connectivity index (χ0v) is 14.2. The zero-order valence-electron chi connectivity index (χ0n) is 12.6. The first-order valence-electron chi connectivity index (χ1n) is 7.15. The lowest BCUT2D eigenvalue weighted by Crippen LogP contribution is -1.96. The number of hydrogen-bond donors (Lipinski definition) is 0. The highest BCUT2D eigenvalue weighted by molar-refractivity contribution is 9.10. The molecule has 3 aromatic rings. The summed E-state index contributed by atoms with van der Waals surface area (Å²) in [7, 11) is 0. The molecule has 0 saturated heterocycles. The molecule has 0 unspecified atom stereocenters. The number of aromatic nitrogens is 2. The fraction of sp³-hybridized carbons (Fsp3) is 0.111. The highest BCUT2D eigenvalue weighted by Gasteiger charge is 2.05. The maximum Gasteiger partial charge on any atom is 0.254 e. The molecule has 0 aliphatic carbocycles. The summed E-state index contributed by atoms with van der Waals surface area (Å²) >= 11 is 3.46. The summed E-state index contributed by atoms with van der Waals surface area (Å²) in [6.07, 6.45) is 3.71. The van der Waals surface area contributed by atoms with Crippen molar-refractivity contribution in [1.82, 2.24) is 10.2 Å². The summed E-state index contributed by atoms with van der Waals surface area (Å²) in [6, 6.07) is 15.7. The molecule has 0 bridgehead atoms. The van der Waals surface area contributed by atoms with E-state index in [-0.39, 0.29) is 6.61 Å². The second-order valence-corrected chi connectivity index (χ2v) is 5.83. The number of halogens is 1. The van der Waals surface area contributed by atoms with Crippen LogP contribution in [0.4, 0.5) is 0 Å². The number of nitrogens with zero attached hydrogens (tertiary/aromatic N) is 2. The molecule has 0 atom stereocenters. The van der Waals surface area contributed by atoms with Gasteiger partial charge in [0, 0.05) is 10.5 Å². The lowest BCUT2D eigenvalue weighted by atomic mass is 10.2. The monoisotopic (exact) mass is 370 g/mol. The minimum Gasteiger partial charge on any atom is -0.484 e. The van der Waals surface area contributed by atoms with E-state index in [2.05, 4.69) is 26.1 Å². The van der Waals surface area contributed by atoms with Crippen LogP contribution in [0.1, 0.15) is 22.9 Å². The second-order valence-electron chi connectivity index (χ2n) is 4.98. The molecule has 1 heterocycles. The van der Waals surface area contributed by atoms with Gasteiger partial charge in [0.05, 0.1) is 0 Å². The molecule has 0 N–H and O–H groups in total. The van der Waals surface area contributed by atoms with Crippen molar-refractivity contribution in [3.8, 4) is 5.75 Å². The largest absolute Gasteiger partial charge is 0.484 e. The summed E-state index contributed by atoms with van der Waals surface area (Å²) in [5.41, 5.74) is 2.19. The molecule has 5 heteroatoms. The first kappa shape index (κ1) is 15.5. The Morgan fingerprint density at radius 2 is 1.91 bits per heavy atom.